The van der Waals surface area contributed by atoms with Crippen molar-refractivity contribution in [2.24, 2.45) is 0 Å². The van der Waals surface area contributed by atoms with Crippen LogP contribution in [0.25, 0.3) is 10.8 Å². The zero-order valence-electron chi connectivity index (χ0n) is 8.87. The van der Waals surface area contributed by atoms with Crippen LogP contribution in [0.5, 0.6) is 0 Å². The second-order valence-electron chi connectivity index (χ2n) is 3.54. The van der Waals surface area contributed by atoms with E-state index in [2.05, 4.69) is 4.74 Å². The Hall–Kier alpha value is -1.54. The molecule has 0 amide bonds. The Kier molecular flexibility index (Phi) is 3.11. The molecule has 0 aliphatic rings. The molecule has 0 saturated carbocycles. The number of carbonyl (C=O) groups excluding carboxylic acids is 1. The van der Waals surface area contributed by atoms with Gasteiger partial charge in [-0.15, -0.1) is 0 Å². The molecule has 82 valence electrons. The molecule has 0 aromatic heterocycles. The molecule has 0 heterocycles. The lowest BCUT2D eigenvalue weighted by atomic mass is 10.1. The van der Waals surface area contributed by atoms with E-state index in [1.165, 1.54) is 7.11 Å². The number of ether oxygens (including phenoxy) is 1. The van der Waals surface area contributed by atoms with Crippen molar-refractivity contribution < 1.29 is 9.53 Å². The van der Waals surface area contributed by atoms with Crippen LogP contribution in [0, 0.1) is 0 Å². The molecule has 0 aliphatic carbocycles. The highest BCUT2D eigenvalue weighted by molar-refractivity contribution is 6.32. The van der Waals surface area contributed by atoms with Gasteiger partial charge in [0.05, 0.1) is 13.5 Å². The third-order valence-corrected chi connectivity index (χ3v) is 2.83. The molecule has 2 rings (SSSR count). The number of methoxy groups -OCH3 is 1. The maximum atomic E-state index is 11.2. The lowest BCUT2D eigenvalue weighted by Gasteiger charge is -2.05. The summed E-state index contributed by atoms with van der Waals surface area (Å²) in [5.74, 6) is -0.280. The summed E-state index contributed by atoms with van der Waals surface area (Å²) < 4.78 is 4.62. The number of fused-ring (bicyclic) bond motifs is 1. The van der Waals surface area contributed by atoms with Gasteiger partial charge in [0.2, 0.25) is 0 Å². The van der Waals surface area contributed by atoms with Gasteiger partial charge in [-0.05, 0) is 28.5 Å². The lowest BCUT2D eigenvalue weighted by molar-refractivity contribution is -0.139. The summed E-state index contributed by atoms with van der Waals surface area (Å²) in [6.07, 6.45) is 0.208. The van der Waals surface area contributed by atoms with Gasteiger partial charge in [-0.1, -0.05) is 35.9 Å². The normalized spacial score (nSPS) is 10.4. The smallest absolute Gasteiger partial charge is 0.310 e. The first-order valence-electron chi connectivity index (χ1n) is 4.94. The van der Waals surface area contributed by atoms with Crippen LogP contribution >= 0.6 is 11.6 Å². The first kappa shape index (κ1) is 11.0. The Morgan fingerprint density at radius 3 is 2.50 bits per heavy atom. The highest BCUT2D eigenvalue weighted by Gasteiger charge is 2.08. The molecule has 2 aromatic rings. The fourth-order valence-corrected chi connectivity index (χ4v) is 1.86. The predicted molar refractivity (Wildman–Crippen MR) is 64.7 cm³/mol. The Morgan fingerprint density at radius 1 is 1.25 bits per heavy atom. The van der Waals surface area contributed by atoms with E-state index in [1.54, 1.807) is 0 Å². The Morgan fingerprint density at radius 2 is 1.88 bits per heavy atom. The minimum Gasteiger partial charge on any atom is -0.469 e. The third kappa shape index (κ3) is 2.17. The van der Waals surface area contributed by atoms with Gasteiger partial charge in [0.1, 0.15) is 0 Å². The van der Waals surface area contributed by atoms with Crippen LogP contribution in [0.1, 0.15) is 5.56 Å². The van der Waals surface area contributed by atoms with Gasteiger partial charge >= 0.3 is 5.97 Å². The van der Waals surface area contributed by atoms with Crippen molar-refractivity contribution in [1.29, 1.82) is 0 Å². The number of hydrogen-bond donors (Lipinski definition) is 0. The second kappa shape index (κ2) is 4.54. The Labute approximate surface area is 98.8 Å². The van der Waals surface area contributed by atoms with Gasteiger partial charge in [-0.2, -0.15) is 0 Å². The fourth-order valence-electron chi connectivity index (χ4n) is 1.62. The van der Waals surface area contributed by atoms with Crippen molar-refractivity contribution in [3.8, 4) is 0 Å². The van der Waals surface area contributed by atoms with E-state index < -0.39 is 0 Å². The SMILES string of the molecule is COC(=O)Cc1cc2ccccc2cc1Cl. The van der Waals surface area contributed by atoms with Crippen molar-refractivity contribution in [2.45, 2.75) is 6.42 Å². The summed E-state index contributed by atoms with van der Waals surface area (Å²) in [5, 5.41) is 2.75. The number of esters is 1. The third-order valence-electron chi connectivity index (χ3n) is 2.48. The number of rotatable bonds is 2. The van der Waals surface area contributed by atoms with E-state index in [0.717, 1.165) is 16.3 Å². The van der Waals surface area contributed by atoms with E-state index in [-0.39, 0.29) is 12.4 Å². The van der Waals surface area contributed by atoms with Crippen LogP contribution in [0.2, 0.25) is 5.02 Å². The van der Waals surface area contributed by atoms with Crippen LogP contribution in [0.3, 0.4) is 0 Å². The zero-order valence-corrected chi connectivity index (χ0v) is 9.62. The number of carbonyl (C=O) groups is 1. The van der Waals surface area contributed by atoms with Gasteiger partial charge in [0.25, 0.3) is 0 Å². The minimum atomic E-state index is -0.280. The lowest BCUT2D eigenvalue weighted by Crippen LogP contribution is -2.04. The molecule has 2 aromatic carbocycles. The van der Waals surface area contributed by atoms with Crippen molar-refractivity contribution in [2.75, 3.05) is 7.11 Å². The number of halogens is 1. The molecule has 3 heteroatoms. The first-order chi connectivity index (χ1) is 7.70. The maximum Gasteiger partial charge on any atom is 0.310 e. The van der Waals surface area contributed by atoms with Gasteiger partial charge in [0, 0.05) is 5.02 Å². The van der Waals surface area contributed by atoms with Crippen molar-refractivity contribution >= 4 is 28.3 Å². The molecule has 0 N–H and O–H groups in total. The molecule has 0 unspecified atom stereocenters. The molecule has 0 bridgehead atoms. The molecule has 0 radical (unpaired) electrons. The molecular weight excluding hydrogens is 224 g/mol. The molecule has 0 aliphatic heterocycles. The van der Waals surface area contributed by atoms with Crippen molar-refractivity contribution in [1.82, 2.24) is 0 Å². The standard InChI is InChI=1S/C13H11ClO2/c1-16-13(15)8-11-6-9-4-2-3-5-10(9)7-12(11)14/h2-7H,8H2,1H3. The summed E-state index contributed by atoms with van der Waals surface area (Å²) in [4.78, 5) is 11.2. The van der Waals surface area contributed by atoms with Crippen molar-refractivity contribution in [3.05, 3.63) is 47.0 Å². The number of hydrogen-bond acceptors (Lipinski definition) is 2. The van der Waals surface area contributed by atoms with E-state index in [9.17, 15) is 4.79 Å². The Balaban J connectivity index is 2.46. The second-order valence-corrected chi connectivity index (χ2v) is 3.95. The quantitative estimate of drug-likeness (QED) is 0.746. The van der Waals surface area contributed by atoms with Crippen molar-refractivity contribution in [3.63, 3.8) is 0 Å². The summed E-state index contributed by atoms with van der Waals surface area (Å²) in [6, 6.07) is 11.7. The van der Waals surface area contributed by atoms with E-state index in [0.29, 0.717) is 5.02 Å². The highest BCUT2D eigenvalue weighted by atomic mass is 35.5. The van der Waals surface area contributed by atoms with Crippen LogP contribution in [-0.4, -0.2) is 13.1 Å². The Bertz CT molecular complexity index is 534. The summed E-state index contributed by atoms with van der Waals surface area (Å²) in [5.41, 5.74) is 0.798. The molecule has 0 fully saturated rings. The molecule has 0 spiro atoms. The van der Waals surface area contributed by atoms with Crippen LogP contribution in [0.4, 0.5) is 0 Å². The highest BCUT2D eigenvalue weighted by Crippen LogP contribution is 2.24. The average Bonchev–Trinajstić information content (AvgIpc) is 2.30. The maximum absolute atomic E-state index is 11.2. The summed E-state index contributed by atoms with van der Waals surface area (Å²) in [6.45, 7) is 0. The molecule has 2 nitrogen and oxygen atoms in total. The topological polar surface area (TPSA) is 26.3 Å². The molecular formula is C13H11ClO2. The number of benzene rings is 2. The van der Waals surface area contributed by atoms with Gasteiger partial charge in [0.15, 0.2) is 0 Å². The molecule has 16 heavy (non-hydrogen) atoms. The monoisotopic (exact) mass is 234 g/mol. The molecule has 0 saturated heterocycles. The average molecular weight is 235 g/mol. The van der Waals surface area contributed by atoms with Gasteiger partial charge < -0.3 is 4.74 Å². The first-order valence-corrected chi connectivity index (χ1v) is 5.32. The van der Waals surface area contributed by atoms with E-state index in [4.69, 9.17) is 11.6 Å². The van der Waals surface area contributed by atoms with Crippen LogP contribution in [-0.2, 0) is 16.0 Å². The van der Waals surface area contributed by atoms with Gasteiger partial charge in [-0.25, -0.2) is 0 Å². The summed E-state index contributed by atoms with van der Waals surface area (Å²) in [7, 11) is 1.37. The zero-order chi connectivity index (χ0) is 11.5. The largest absolute Gasteiger partial charge is 0.469 e. The molecule has 0 atom stereocenters. The van der Waals surface area contributed by atoms with Crippen LogP contribution < -0.4 is 0 Å². The van der Waals surface area contributed by atoms with Gasteiger partial charge in [-0.3, -0.25) is 4.79 Å². The predicted octanol–water partition coefficient (Wildman–Crippen LogP) is 3.21. The fraction of sp³-hybridized carbons (Fsp3) is 0.154. The van der Waals surface area contributed by atoms with E-state index >= 15 is 0 Å². The summed E-state index contributed by atoms with van der Waals surface area (Å²) >= 11 is 6.10. The van der Waals surface area contributed by atoms with E-state index in [1.807, 2.05) is 36.4 Å². The van der Waals surface area contributed by atoms with Crippen LogP contribution in [0.15, 0.2) is 36.4 Å². The minimum absolute atomic E-state index is 0.208.